The second-order valence-electron chi connectivity index (χ2n) is 7.48. The molecule has 1 aliphatic rings. The van der Waals surface area contributed by atoms with Crippen molar-refractivity contribution in [2.24, 2.45) is 0 Å². The van der Waals surface area contributed by atoms with Crippen LogP contribution in [-0.2, 0) is 13.1 Å². The maximum Gasteiger partial charge on any atom is 0.0236 e. The smallest absolute Gasteiger partial charge is 0.0236 e. The zero-order valence-electron chi connectivity index (χ0n) is 14.3. The quantitative estimate of drug-likeness (QED) is 0.765. The molecule has 1 aromatic rings. The van der Waals surface area contributed by atoms with Crippen LogP contribution in [0.25, 0.3) is 0 Å². The molecule has 0 bridgehead atoms. The minimum absolute atomic E-state index is 0.178. The molecule has 1 aliphatic carbocycles. The van der Waals surface area contributed by atoms with Gasteiger partial charge in [-0.05, 0) is 57.7 Å². The summed E-state index contributed by atoms with van der Waals surface area (Å²) in [6.07, 6.45) is 5.41. The van der Waals surface area contributed by atoms with Crippen molar-refractivity contribution in [3.8, 4) is 0 Å². The molecule has 1 N–H and O–H groups in total. The van der Waals surface area contributed by atoms with Gasteiger partial charge in [-0.2, -0.15) is 0 Å². The van der Waals surface area contributed by atoms with Crippen LogP contribution < -0.4 is 5.32 Å². The summed E-state index contributed by atoms with van der Waals surface area (Å²) in [5.74, 6) is 0. The number of unbranched alkanes of at least 4 members (excludes halogenated alkanes) is 1. The highest BCUT2D eigenvalue weighted by atomic mass is 15.2. The van der Waals surface area contributed by atoms with Crippen molar-refractivity contribution in [3.05, 3.63) is 35.4 Å². The molecule has 0 radical (unpaired) electrons. The van der Waals surface area contributed by atoms with Crippen LogP contribution in [0.15, 0.2) is 24.3 Å². The molecule has 0 amide bonds. The lowest BCUT2D eigenvalue weighted by atomic mass is 10.1. The predicted octanol–water partition coefficient (Wildman–Crippen LogP) is 4.34. The third-order valence-corrected chi connectivity index (χ3v) is 4.06. The Hall–Kier alpha value is -0.860. The summed E-state index contributed by atoms with van der Waals surface area (Å²) in [6, 6.07) is 9.95. The second kappa shape index (κ2) is 7.42. The minimum Gasteiger partial charge on any atom is -0.308 e. The Labute approximate surface area is 130 Å². The third kappa shape index (κ3) is 6.19. The van der Waals surface area contributed by atoms with E-state index in [1.165, 1.54) is 43.4 Å². The maximum atomic E-state index is 3.57. The van der Waals surface area contributed by atoms with E-state index in [9.17, 15) is 0 Å². The standard InChI is InChI=1S/C19H32N2/c1-5-6-12-21(18-10-11-18)15-17-9-7-8-16(13-17)14-20-19(2,3)4/h7-9,13,18,20H,5-6,10-12,14-15H2,1-4H3. The summed E-state index contributed by atoms with van der Waals surface area (Å²) in [4.78, 5) is 2.68. The highest BCUT2D eigenvalue weighted by Crippen LogP contribution is 2.28. The average molecular weight is 288 g/mol. The molecule has 0 spiro atoms. The molecule has 0 aliphatic heterocycles. The first-order chi connectivity index (χ1) is 9.98. The van der Waals surface area contributed by atoms with Gasteiger partial charge >= 0.3 is 0 Å². The first-order valence-electron chi connectivity index (χ1n) is 8.55. The Bertz CT molecular complexity index is 429. The molecule has 2 rings (SSSR count). The largest absolute Gasteiger partial charge is 0.308 e. The monoisotopic (exact) mass is 288 g/mol. The van der Waals surface area contributed by atoms with Gasteiger partial charge in [0.1, 0.15) is 0 Å². The Morgan fingerprint density at radius 3 is 2.52 bits per heavy atom. The van der Waals surface area contributed by atoms with Gasteiger partial charge in [0.2, 0.25) is 0 Å². The molecular formula is C19H32N2. The summed E-state index contributed by atoms with van der Waals surface area (Å²) in [6.45, 7) is 12.3. The zero-order chi connectivity index (χ0) is 15.3. The van der Waals surface area contributed by atoms with Crippen LogP contribution >= 0.6 is 0 Å². The van der Waals surface area contributed by atoms with Gasteiger partial charge in [0, 0.05) is 24.7 Å². The van der Waals surface area contributed by atoms with E-state index < -0.39 is 0 Å². The van der Waals surface area contributed by atoms with Gasteiger partial charge in [-0.3, -0.25) is 4.90 Å². The van der Waals surface area contributed by atoms with E-state index in [0.29, 0.717) is 0 Å². The van der Waals surface area contributed by atoms with Gasteiger partial charge in [-0.25, -0.2) is 0 Å². The lowest BCUT2D eigenvalue weighted by Gasteiger charge is -2.23. The van der Waals surface area contributed by atoms with E-state index in [4.69, 9.17) is 0 Å². The Morgan fingerprint density at radius 2 is 1.90 bits per heavy atom. The fourth-order valence-corrected chi connectivity index (χ4v) is 2.63. The fourth-order valence-electron chi connectivity index (χ4n) is 2.63. The van der Waals surface area contributed by atoms with Crippen LogP contribution in [0.1, 0.15) is 64.5 Å². The molecular weight excluding hydrogens is 256 g/mol. The fraction of sp³-hybridized carbons (Fsp3) is 0.684. The SMILES string of the molecule is CCCCN(Cc1cccc(CNC(C)(C)C)c1)C1CC1. The Kier molecular flexibility index (Phi) is 5.83. The normalized spacial score (nSPS) is 15.7. The molecule has 118 valence electrons. The van der Waals surface area contributed by atoms with Crippen LogP contribution in [0.5, 0.6) is 0 Å². The minimum atomic E-state index is 0.178. The van der Waals surface area contributed by atoms with Gasteiger partial charge in [0.25, 0.3) is 0 Å². The van der Waals surface area contributed by atoms with Crippen LogP contribution in [0, 0.1) is 0 Å². The van der Waals surface area contributed by atoms with Crippen molar-refractivity contribution in [2.45, 2.75) is 78.0 Å². The van der Waals surface area contributed by atoms with Crippen LogP contribution in [-0.4, -0.2) is 23.0 Å². The van der Waals surface area contributed by atoms with E-state index in [-0.39, 0.29) is 5.54 Å². The van der Waals surface area contributed by atoms with E-state index >= 15 is 0 Å². The summed E-state index contributed by atoms with van der Waals surface area (Å²) in [5.41, 5.74) is 3.04. The van der Waals surface area contributed by atoms with Crippen molar-refractivity contribution in [2.75, 3.05) is 6.54 Å². The van der Waals surface area contributed by atoms with Crippen LogP contribution in [0.3, 0.4) is 0 Å². The molecule has 2 heteroatoms. The average Bonchev–Trinajstić information content (AvgIpc) is 3.25. The van der Waals surface area contributed by atoms with E-state index in [0.717, 1.165) is 19.1 Å². The molecule has 2 nitrogen and oxygen atoms in total. The highest BCUT2D eigenvalue weighted by molar-refractivity contribution is 5.23. The van der Waals surface area contributed by atoms with Crippen molar-refractivity contribution < 1.29 is 0 Å². The van der Waals surface area contributed by atoms with Gasteiger partial charge < -0.3 is 5.32 Å². The summed E-state index contributed by atoms with van der Waals surface area (Å²) in [7, 11) is 0. The number of hydrogen-bond donors (Lipinski definition) is 1. The molecule has 21 heavy (non-hydrogen) atoms. The Morgan fingerprint density at radius 1 is 1.19 bits per heavy atom. The summed E-state index contributed by atoms with van der Waals surface area (Å²) < 4.78 is 0. The summed E-state index contributed by atoms with van der Waals surface area (Å²) in [5, 5.41) is 3.57. The van der Waals surface area contributed by atoms with Crippen LogP contribution in [0.4, 0.5) is 0 Å². The van der Waals surface area contributed by atoms with Crippen molar-refractivity contribution in [3.63, 3.8) is 0 Å². The molecule has 0 saturated heterocycles. The molecule has 0 atom stereocenters. The molecule has 0 aromatic heterocycles. The molecule has 1 aromatic carbocycles. The van der Waals surface area contributed by atoms with Crippen molar-refractivity contribution in [1.29, 1.82) is 0 Å². The maximum absolute atomic E-state index is 3.57. The third-order valence-electron chi connectivity index (χ3n) is 4.06. The zero-order valence-corrected chi connectivity index (χ0v) is 14.3. The lowest BCUT2D eigenvalue weighted by molar-refractivity contribution is 0.250. The van der Waals surface area contributed by atoms with E-state index in [1.807, 2.05) is 0 Å². The summed E-state index contributed by atoms with van der Waals surface area (Å²) >= 11 is 0. The molecule has 1 saturated carbocycles. The van der Waals surface area contributed by atoms with Gasteiger partial charge in [0.15, 0.2) is 0 Å². The van der Waals surface area contributed by atoms with Crippen molar-refractivity contribution in [1.82, 2.24) is 10.2 Å². The topological polar surface area (TPSA) is 15.3 Å². The number of benzene rings is 1. The lowest BCUT2D eigenvalue weighted by Crippen LogP contribution is -2.35. The first kappa shape index (κ1) is 16.5. The second-order valence-corrected chi connectivity index (χ2v) is 7.48. The van der Waals surface area contributed by atoms with Crippen molar-refractivity contribution >= 4 is 0 Å². The van der Waals surface area contributed by atoms with Gasteiger partial charge in [-0.1, -0.05) is 37.6 Å². The van der Waals surface area contributed by atoms with Gasteiger partial charge in [-0.15, -0.1) is 0 Å². The molecule has 0 unspecified atom stereocenters. The number of nitrogens with one attached hydrogen (secondary N) is 1. The number of hydrogen-bond acceptors (Lipinski definition) is 2. The van der Waals surface area contributed by atoms with Crippen LogP contribution in [0.2, 0.25) is 0 Å². The molecule has 0 heterocycles. The number of rotatable bonds is 8. The van der Waals surface area contributed by atoms with E-state index in [1.54, 1.807) is 0 Å². The predicted molar refractivity (Wildman–Crippen MR) is 91.4 cm³/mol. The van der Waals surface area contributed by atoms with E-state index in [2.05, 4.69) is 62.2 Å². The Balaban J connectivity index is 1.92. The highest BCUT2D eigenvalue weighted by Gasteiger charge is 2.28. The molecule has 1 fully saturated rings. The van der Waals surface area contributed by atoms with Gasteiger partial charge in [0.05, 0.1) is 0 Å². The first-order valence-corrected chi connectivity index (χ1v) is 8.55. The number of nitrogens with zero attached hydrogens (tertiary/aromatic N) is 1.